The summed E-state index contributed by atoms with van der Waals surface area (Å²) in [6, 6.07) is 4.76. The molecule has 104 valence electrons. The van der Waals surface area contributed by atoms with Crippen molar-refractivity contribution in [2.75, 3.05) is 25.1 Å². The fourth-order valence-electron chi connectivity index (χ4n) is 1.59. The number of hydrogen-bond donors (Lipinski definition) is 2. The summed E-state index contributed by atoms with van der Waals surface area (Å²) in [5.41, 5.74) is 0.457. The van der Waals surface area contributed by atoms with Gasteiger partial charge in [-0.2, -0.15) is 0 Å². The SMILES string of the molecule is COc1ccc(Cl)cc1N(CCC(=O)O)CC(=O)O. The first kappa shape index (κ1) is 15.1. The average Bonchev–Trinajstić information content (AvgIpc) is 2.33. The van der Waals surface area contributed by atoms with Crippen molar-refractivity contribution in [2.45, 2.75) is 6.42 Å². The number of methoxy groups -OCH3 is 1. The van der Waals surface area contributed by atoms with Crippen LogP contribution < -0.4 is 9.64 Å². The third kappa shape index (κ3) is 4.67. The number of benzene rings is 1. The van der Waals surface area contributed by atoms with Gasteiger partial charge in [-0.1, -0.05) is 11.6 Å². The van der Waals surface area contributed by atoms with Crippen molar-refractivity contribution < 1.29 is 24.5 Å². The maximum Gasteiger partial charge on any atom is 0.323 e. The van der Waals surface area contributed by atoms with E-state index in [1.54, 1.807) is 18.2 Å². The summed E-state index contributed by atoms with van der Waals surface area (Å²) in [4.78, 5) is 22.9. The Morgan fingerprint density at radius 2 is 2.00 bits per heavy atom. The zero-order valence-corrected chi connectivity index (χ0v) is 11.1. The predicted molar refractivity (Wildman–Crippen MR) is 70.1 cm³/mol. The second-order valence-corrected chi connectivity index (χ2v) is 4.21. The van der Waals surface area contributed by atoms with E-state index in [1.807, 2.05) is 0 Å². The molecule has 0 heterocycles. The van der Waals surface area contributed by atoms with Crippen molar-refractivity contribution in [1.29, 1.82) is 0 Å². The summed E-state index contributed by atoms with van der Waals surface area (Å²) >= 11 is 5.87. The molecule has 1 rings (SSSR count). The van der Waals surface area contributed by atoms with Gasteiger partial charge >= 0.3 is 11.9 Å². The molecule has 0 unspecified atom stereocenters. The highest BCUT2D eigenvalue weighted by atomic mass is 35.5. The quantitative estimate of drug-likeness (QED) is 0.794. The van der Waals surface area contributed by atoms with Gasteiger partial charge in [0.25, 0.3) is 0 Å². The third-order valence-electron chi connectivity index (χ3n) is 2.40. The van der Waals surface area contributed by atoms with E-state index in [9.17, 15) is 9.59 Å². The van der Waals surface area contributed by atoms with Crippen molar-refractivity contribution >= 4 is 29.2 Å². The van der Waals surface area contributed by atoms with Crippen LogP contribution in [0.4, 0.5) is 5.69 Å². The van der Waals surface area contributed by atoms with Gasteiger partial charge in [0.2, 0.25) is 0 Å². The molecule has 0 aromatic heterocycles. The minimum absolute atomic E-state index is 0.0539. The van der Waals surface area contributed by atoms with E-state index in [0.717, 1.165) is 0 Å². The number of halogens is 1. The zero-order chi connectivity index (χ0) is 14.4. The van der Waals surface area contributed by atoms with Gasteiger partial charge in [-0.15, -0.1) is 0 Å². The summed E-state index contributed by atoms with van der Waals surface area (Å²) in [6.07, 6.45) is -0.178. The summed E-state index contributed by atoms with van der Waals surface area (Å²) in [5.74, 6) is -1.63. The van der Waals surface area contributed by atoms with Crippen molar-refractivity contribution in [3.63, 3.8) is 0 Å². The van der Waals surface area contributed by atoms with E-state index in [0.29, 0.717) is 16.5 Å². The Hall–Kier alpha value is -1.95. The van der Waals surface area contributed by atoms with Gasteiger partial charge in [-0.05, 0) is 18.2 Å². The fourth-order valence-corrected chi connectivity index (χ4v) is 1.76. The summed E-state index contributed by atoms with van der Waals surface area (Å²) in [7, 11) is 1.45. The molecule has 0 atom stereocenters. The molecule has 1 aromatic rings. The van der Waals surface area contributed by atoms with E-state index in [-0.39, 0.29) is 19.5 Å². The first-order chi connectivity index (χ1) is 8.93. The molecule has 0 amide bonds. The number of anilines is 1. The second kappa shape index (κ2) is 6.84. The van der Waals surface area contributed by atoms with Crippen LogP contribution in [0.15, 0.2) is 18.2 Å². The number of nitrogens with zero attached hydrogens (tertiary/aromatic N) is 1. The Balaban J connectivity index is 3.04. The summed E-state index contributed by atoms with van der Waals surface area (Å²) in [6.45, 7) is -0.275. The lowest BCUT2D eigenvalue weighted by molar-refractivity contribution is -0.138. The van der Waals surface area contributed by atoms with Crippen LogP contribution in [0.25, 0.3) is 0 Å². The van der Waals surface area contributed by atoms with Gasteiger partial charge in [-0.25, -0.2) is 0 Å². The van der Waals surface area contributed by atoms with Crippen molar-refractivity contribution in [3.8, 4) is 5.75 Å². The first-order valence-corrected chi connectivity index (χ1v) is 5.84. The topological polar surface area (TPSA) is 87.1 Å². The lowest BCUT2D eigenvalue weighted by Crippen LogP contribution is -2.32. The van der Waals surface area contributed by atoms with Crippen LogP contribution in [0.2, 0.25) is 5.02 Å². The summed E-state index contributed by atoms with van der Waals surface area (Å²) < 4.78 is 5.13. The van der Waals surface area contributed by atoms with E-state index >= 15 is 0 Å². The van der Waals surface area contributed by atoms with Crippen LogP contribution in [-0.2, 0) is 9.59 Å². The molecule has 6 nitrogen and oxygen atoms in total. The first-order valence-electron chi connectivity index (χ1n) is 5.46. The monoisotopic (exact) mass is 287 g/mol. The number of hydrogen-bond acceptors (Lipinski definition) is 4. The van der Waals surface area contributed by atoms with E-state index in [4.69, 9.17) is 26.6 Å². The smallest absolute Gasteiger partial charge is 0.323 e. The lowest BCUT2D eigenvalue weighted by Gasteiger charge is -2.24. The highest BCUT2D eigenvalue weighted by molar-refractivity contribution is 6.31. The Morgan fingerprint density at radius 1 is 1.32 bits per heavy atom. The van der Waals surface area contributed by atoms with Gasteiger partial charge in [0.05, 0.1) is 19.2 Å². The Bertz CT molecular complexity index is 477. The lowest BCUT2D eigenvalue weighted by atomic mass is 10.2. The molecule has 7 heteroatoms. The van der Waals surface area contributed by atoms with Crippen LogP contribution in [0, 0.1) is 0 Å². The molecule has 2 N–H and O–H groups in total. The molecule has 0 aliphatic rings. The van der Waals surface area contributed by atoms with Gasteiger partial charge in [0.1, 0.15) is 12.3 Å². The number of aliphatic carboxylic acids is 2. The minimum atomic E-state index is -1.06. The van der Waals surface area contributed by atoms with Gasteiger partial charge in [0, 0.05) is 11.6 Å². The van der Waals surface area contributed by atoms with Crippen molar-refractivity contribution in [3.05, 3.63) is 23.2 Å². The predicted octanol–water partition coefficient (Wildman–Crippen LogP) is 1.71. The number of carboxylic acids is 2. The molecule has 0 radical (unpaired) electrons. The van der Waals surface area contributed by atoms with Crippen LogP contribution in [-0.4, -0.2) is 42.4 Å². The second-order valence-electron chi connectivity index (χ2n) is 3.78. The molecule has 0 saturated heterocycles. The number of carbonyl (C=O) groups is 2. The Morgan fingerprint density at radius 3 is 2.53 bits per heavy atom. The Kier molecular flexibility index (Phi) is 5.44. The largest absolute Gasteiger partial charge is 0.495 e. The average molecular weight is 288 g/mol. The van der Waals surface area contributed by atoms with Crippen molar-refractivity contribution in [1.82, 2.24) is 0 Å². The molecular formula is C12H14ClNO5. The third-order valence-corrected chi connectivity index (χ3v) is 2.64. The number of carboxylic acid groups (broad SMARTS) is 2. The van der Waals surface area contributed by atoms with E-state index < -0.39 is 11.9 Å². The molecule has 0 bridgehead atoms. The number of ether oxygens (including phenoxy) is 1. The maximum atomic E-state index is 10.8. The molecule has 0 aliphatic heterocycles. The van der Waals surface area contributed by atoms with Crippen LogP contribution in [0.1, 0.15) is 6.42 Å². The maximum absolute atomic E-state index is 10.8. The standard InChI is InChI=1S/C12H14ClNO5/c1-19-10-3-2-8(13)6-9(10)14(7-12(17)18)5-4-11(15)16/h2-3,6H,4-5,7H2,1H3,(H,15,16)(H,17,18). The van der Waals surface area contributed by atoms with E-state index in [2.05, 4.69) is 0 Å². The molecular weight excluding hydrogens is 274 g/mol. The van der Waals surface area contributed by atoms with Gasteiger partial charge in [-0.3, -0.25) is 9.59 Å². The van der Waals surface area contributed by atoms with Crippen LogP contribution >= 0.6 is 11.6 Å². The normalized spacial score (nSPS) is 10.0. The zero-order valence-electron chi connectivity index (χ0n) is 10.3. The van der Waals surface area contributed by atoms with E-state index in [1.165, 1.54) is 12.0 Å². The number of rotatable bonds is 7. The molecule has 0 spiro atoms. The molecule has 1 aromatic carbocycles. The highest BCUT2D eigenvalue weighted by Gasteiger charge is 2.16. The van der Waals surface area contributed by atoms with Crippen molar-refractivity contribution in [2.24, 2.45) is 0 Å². The molecule has 0 saturated carbocycles. The highest BCUT2D eigenvalue weighted by Crippen LogP contribution is 2.31. The summed E-state index contributed by atoms with van der Waals surface area (Å²) in [5, 5.41) is 18.0. The molecule has 19 heavy (non-hydrogen) atoms. The van der Waals surface area contributed by atoms with Gasteiger partial charge < -0.3 is 19.8 Å². The molecule has 0 aliphatic carbocycles. The van der Waals surface area contributed by atoms with Crippen LogP contribution in [0.3, 0.4) is 0 Å². The minimum Gasteiger partial charge on any atom is -0.495 e. The molecule has 0 fully saturated rings. The Labute approximate surface area is 115 Å². The fraction of sp³-hybridized carbons (Fsp3) is 0.333. The van der Waals surface area contributed by atoms with Crippen LogP contribution in [0.5, 0.6) is 5.75 Å². The van der Waals surface area contributed by atoms with Gasteiger partial charge in [0.15, 0.2) is 0 Å².